The second kappa shape index (κ2) is 6.95. The van der Waals surface area contributed by atoms with E-state index in [1.165, 1.54) is 13.1 Å². The van der Waals surface area contributed by atoms with Gasteiger partial charge >= 0.3 is 6.03 Å². The van der Waals surface area contributed by atoms with E-state index in [-0.39, 0.29) is 6.04 Å². The number of benzene rings is 1. The molecule has 5 nitrogen and oxygen atoms in total. The smallest absolute Gasteiger partial charge is 0.321 e. The molecule has 0 bridgehead atoms. The Morgan fingerprint density at radius 1 is 1.25 bits per heavy atom. The number of urea groups is 1. The summed E-state index contributed by atoms with van der Waals surface area (Å²) in [5, 5.41) is 5.99. The van der Waals surface area contributed by atoms with E-state index in [2.05, 4.69) is 10.6 Å². The van der Waals surface area contributed by atoms with Gasteiger partial charge in [0.1, 0.15) is 17.7 Å². The molecule has 0 spiro atoms. The van der Waals surface area contributed by atoms with Crippen molar-refractivity contribution in [3.8, 4) is 0 Å². The number of nitrogens with one attached hydrogen (secondary N) is 2. The van der Waals surface area contributed by atoms with Gasteiger partial charge in [-0.15, -0.1) is 0 Å². The molecule has 1 aromatic rings. The molecule has 2 atom stereocenters. The maximum Gasteiger partial charge on any atom is 0.321 e. The molecule has 0 aliphatic carbocycles. The molecule has 0 aliphatic rings. The van der Waals surface area contributed by atoms with Gasteiger partial charge in [0, 0.05) is 18.7 Å². The van der Waals surface area contributed by atoms with E-state index in [4.69, 9.17) is 0 Å². The Hall–Kier alpha value is -2.02. The predicted octanol–water partition coefficient (Wildman–Crippen LogP) is 0.433. The third-order valence-corrected chi connectivity index (χ3v) is 2.91. The van der Waals surface area contributed by atoms with Crippen LogP contribution in [0.3, 0.4) is 0 Å². The Balaban J connectivity index is 2.67. The van der Waals surface area contributed by atoms with Gasteiger partial charge in [-0.05, 0) is 26.0 Å². The summed E-state index contributed by atoms with van der Waals surface area (Å²) < 4.78 is 26.4. The van der Waals surface area contributed by atoms with Crippen molar-refractivity contribution < 1.29 is 23.7 Å². The molecule has 1 rings (SSSR count). The molecule has 1 aromatic carbocycles. The minimum absolute atomic E-state index is 0.297. The van der Waals surface area contributed by atoms with E-state index in [1.54, 1.807) is 19.2 Å². The topological polar surface area (TPSA) is 74.8 Å². The van der Waals surface area contributed by atoms with E-state index in [0.29, 0.717) is 5.56 Å². The van der Waals surface area contributed by atoms with Gasteiger partial charge < -0.3 is 10.6 Å². The highest BCUT2D eigenvalue weighted by molar-refractivity contribution is 5.95. The number of carbonyl (C=O) groups is 2. The Morgan fingerprint density at radius 3 is 2.45 bits per heavy atom. The van der Waals surface area contributed by atoms with Gasteiger partial charge in [-0.3, -0.25) is 10.1 Å². The van der Waals surface area contributed by atoms with Crippen molar-refractivity contribution in [3.63, 3.8) is 0 Å². The Kier molecular flexibility index (Phi) is 5.57. The largest absolute Gasteiger partial charge is 0.341 e. The minimum atomic E-state index is -0.660. The second-order valence-electron chi connectivity index (χ2n) is 4.50. The van der Waals surface area contributed by atoms with Crippen LogP contribution in [0.2, 0.25) is 0 Å². The van der Waals surface area contributed by atoms with Crippen LogP contribution in [0.1, 0.15) is 25.5 Å². The van der Waals surface area contributed by atoms with Crippen molar-refractivity contribution in [2.75, 3.05) is 7.05 Å². The molecule has 20 heavy (non-hydrogen) atoms. The predicted molar refractivity (Wildman–Crippen MR) is 68.8 cm³/mol. The van der Waals surface area contributed by atoms with Crippen molar-refractivity contribution in [1.29, 1.82) is 0 Å². The molecule has 7 heteroatoms. The lowest BCUT2D eigenvalue weighted by Gasteiger charge is -2.16. The minimum Gasteiger partial charge on any atom is -0.341 e. The first-order chi connectivity index (χ1) is 9.35. The van der Waals surface area contributed by atoms with E-state index < -0.39 is 29.6 Å². The van der Waals surface area contributed by atoms with Gasteiger partial charge in [-0.2, -0.15) is 0 Å². The Bertz CT molecular complexity index is 508. The maximum absolute atomic E-state index is 13.6. The lowest BCUT2D eigenvalue weighted by Crippen LogP contribution is -2.92. The highest BCUT2D eigenvalue weighted by Crippen LogP contribution is 2.14. The molecular formula is C13H18F2N3O2+. The Labute approximate surface area is 115 Å². The number of quaternary nitrogens is 1. The standard InChI is InChI=1S/C13H17F2N3O2/c1-7(10-5-4-9(14)6-11(10)15)17-8(2)12(19)18-13(20)16-3/h4-8,17H,1-3H3,(H2,16,18,19,20)/p+1/t7-,8+/m0/s1. The zero-order chi connectivity index (χ0) is 15.3. The van der Waals surface area contributed by atoms with E-state index in [0.717, 1.165) is 12.1 Å². The lowest BCUT2D eigenvalue weighted by molar-refractivity contribution is -0.710. The summed E-state index contributed by atoms with van der Waals surface area (Å²) in [5.41, 5.74) is 0.297. The van der Waals surface area contributed by atoms with Crippen molar-refractivity contribution >= 4 is 11.9 Å². The maximum atomic E-state index is 13.6. The van der Waals surface area contributed by atoms with Crippen LogP contribution in [0.5, 0.6) is 0 Å². The fraction of sp³-hybridized carbons (Fsp3) is 0.385. The van der Waals surface area contributed by atoms with Crippen molar-refractivity contribution in [2.24, 2.45) is 0 Å². The number of rotatable bonds is 4. The highest BCUT2D eigenvalue weighted by atomic mass is 19.1. The van der Waals surface area contributed by atoms with Gasteiger partial charge in [-0.25, -0.2) is 13.6 Å². The molecular weight excluding hydrogens is 268 g/mol. The van der Waals surface area contributed by atoms with Gasteiger partial charge in [0.25, 0.3) is 5.91 Å². The number of carbonyl (C=O) groups excluding carboxylic acids is 2. The summed E-state index contributed by atoms with van der Waals surface area (Å²) in [6, 6.07) is 1.73. The number of halogens is 2. The first-order valence-corrected chi connectivity index (χ1v) is 6.17. The first-order valence-electron chi connectivity index (χ1n) is 6.17. The molecule has 0 heterocycles. The average molecular weight is 286 g/mol. The van der Waals surface area contributed by atoms with Crippen LogP contribution in [-0.4, -0.2) is 25.0 Å². The van der Waals surface area contributed by atoms with Gasteiger partial charge in [0.2, 0.25) is 0 Å². The Morgan fingerprint density at radius 2 is 1.90 bits per heavy atom. The van der Waals surface area contributed by atoms with Crippen LogP contribution >= 0.6 is 0 Å². The van der Waals surface area contributed by atoms with Crippen molar-refractivity contribution in [3.05, 3.63) is 35.4 Å². The number of amides is 3. The summed E-state index contributed by atoms with van der Waals surface area (Å²) in [5.74, 6) is -1.80. The molecule has 0 aromatic heterocycles. The quantitative estimate of drug-likeness (QED) is 0.751. The lowest BCUT2D eigenvalue weighted by atomic mass is 10.1. The summed E-state index contributed by atoms with van der Waals surface area (Å²) in [7, 11) is 1.40. The van der Waals surface area contributed by atoms with Gasteiger partial charge in [0.15, 0.2) is 6.04 Å². The van der Waals surface area contributed by atoms with Crippen molar-refractivity contribution in [1.82, 2.24) is 10.6 Å². The molecule has 0 fully saturated rings. The van der Waals surface area contributed by atoms with Crippen LogP contribution in [0.4, 0.5) is 13.6 Å². The zero-order valence-electron chi connectivity index (χ0n) is 11.5. The fourth-order valence-corrected chi connectivity index (χ4v) is 1.78. The van der Waals surface area contributed by atoms with E-state index in [9.17, 15) is 18.4 Å². The number of hydrogen-bond acceptors (Lipinski definition) is 2. The SMILES string of the molecule is CNC(=O)NC(=O)[C@@H](C)[NH2+][C@@H](C)c1ccc(F)cc1F. The molecule has 0 aliphatic heterocycles. The molecule has 0 radical (unpaired) electrons. The summed E-state index contributed by atoms with van der Waals surface area (Å²) in [6.45, 7) is 3.29. The van der Waals surface area contributed by atoms with E-state index in [1.807, 2.05) is 0 Å². The van der Waals surface area contributed by atoms with Gasteiger partial charge in [0.05, 0.1) is 0 Å². The third kappa shape index (κ3) is 4.27. The molecule has 0 unspecified atom stereocenters. The van der Waals surface area contributed by atoms with Crippen LogP contribution in [0.25, 0.3) is 0 Å². The molecule has 0 saturated carbocycles. The van der Waals surface area contributed by atoms with Crippen LogP contribution < -0.4 is 16.0 Å². The molecule has 3 amide bonds. The van der Waals surface area contributed by atoms with Crippen LogP contribution in [0.15, 0.2) is 18.2 Å². The van der Waals surface area contributed by atoms with E-state index >= 15 is 0 Å². The normalized spacial score (nSPS) is 13.4. The summed E-state index contributed by atoms with van der Waals surface area (Å²) >= 11 is 0. The third-order valence-electron chi connectivity index (χ3n) is 2.91. The first kappa shape index (κ1) is 16.0. The number of nitrogens with two attached hydrogens (primary N) is 1. The van der Waals surface area contributed by atoms with Gasteiger partial charge in [-0.1, -0.05) is 0 Å². The molecule has 4 N–H and O–H groups in total. The summed E-state index contributed by atoms with van der Waals surface area (Å²) in [4.78, 5) is 22.7. The second-order valence-corrected chi connectivity index (χ2v) is 4.50. The molecule has 0 saturated heterocycles. The number of imide groups is 1. The fourth-order valence-electron chi connectivity index (χ4n) is 1.78. The number of hydrogen-bond donors (Lipinski definition) is 3. The zero-order valence-corrected chi connectivity index (χ0v) is 11.5. The highest BCUT2D eigenvalue weighted by Gasteiger charge is 2.23. The van der Waals surface area contributed by atoms with Crippen molar-refractivity contribution in [2.45, 2.75) is 25.9 Å². The van der Waals surface area contributed by atoms with Crippen LogP contribution in [0, 0.1) is 11.6 Å². The monoisotopic (exact) mass is 286 g/mol. The average Bonchev–Trinajstić information content (AvgIpc) is 2.37. The summed E-state index contributed by atoms with van der Waals surface area (Å²) in [6.07, 6.45) is 0. The van der Waals surface area contributed by atoms with Crippen LogP contribution in [-0.2, 0) is 4.79 Å². The molecule has 110 valence electrons.